The minimum absolute atomic E-state index is 0.0828. The van der Waals surface area contributed by atoms with Crippen LogP contribution in [0, 0.1) is 34.5 Å². The highest BCUT2D eigenvalue weighted by atomic mass is 16.5. The zero-order chi connectivity index (χ0) is 18.2. The second-order valence-electron chi connectivity index (χ2n) is 9.86. The fourth-order valence-electron chi connectivity index (χ4n) is 7.43. The molecule has 0 aromatic heterocycles. The van der Waals surface area contributed by atoms with Gasteiger partial charge in [0.15, 0.2) is 5.79 Å². The lowest BCUT2D eigenvalue weighted by atomic mass is 9.46. The normalized spacial score (nSPS) is 51.1. The summed E-state index contributed by atoms with van der Waals surface area (Å²) in [6.07, 6.45) is 6.83. The number of carbonyl (C=O) groups excluding carboxylic acids is 1. The van der Waals surface area contributed by atoms with Crippen molar-refractivity contribution in [3.63, 3.8) is 0 Å². The van der Waals surface area contributed by atoms with Crippen LogP contribution in [0.2, 0.25) is 0 Å². The van der Waals surface area contributed by atoms with E-state index in [-0.39, 0.29) is 28.4 Å². The molecule has 0 saturated heterocycles. The van der Waals surface area contributed by atoms with E-state index in [9.17, 15) is 20.1 Å². The molecule has 3 fully saturated rings. The quantitative estimate of drug-likeness (QED) is 0.503. The van der Waals surface area contributed by atoms with E-state index >= 15 is 0 Å². The van der Waals surface area contributed by atoms with Crippen molar-refractivity contribution in [3.8, 4) is 0 Å². The van der Waals surface area contributed by atoms with Crippen LogP contribution in [0.1, 0.15) is 65.7 Å². The van der Waals surface area contributed by atoms with E-state index < -0.39 is 11.9 Å². The van der Waals surface area contributed by atoms with Gasteiger partial charge in [0.2, 0.25) is 0 Å². The summed E-state index contributed by atoms with van der Waals surface area (Å²) >= 11 is 0. The van der Waals surface area contributed by atoms with Gasteiger partial charge >= 0.3 is 0 Å². The Balaban J connectivity index is 1.71. The lowest BCUT2D eigenvalue weighted by Crippen LogP contribution is -2.57. The molecule has 4 heteroatoms. The Morgan fingerprint density at radius 3 is 2.60 bits per heavy atom. The van der Waals surface area contributed by atoms with Crippen LogP contribution in [0.3, 0.4) is 0 Å². The van der Waals surface area contributed by atoms with Crippen LogP contribution in [0.5, 0.6) is 0 Å². The van der Waals surface area contributed by atoms with Gasteiger partial charge in [-0.15, -0.1) is 0 Å². The first-order chi connectivity index (χ1) is 11.6. The molecule has 0 spiro atoms. The van der Waals surface area contributed by atoms with E-state index in [4.69, 9.17) is 0 Å². The average Bonchev–Trinajstić information content (AvgIpc) is 2.84. The predicted molar refractivity (Wildman–Crippen MR) is 94.4 cm³/mol. The van der Waals surface area contributed by atoms with Crippen LogP contribution in [-0.2, 0) is 4.79 Å². The third kappa shape index (κ3) is 2.40. The maximum atomic E-state index is 12.2. The SMILES string of the molecule is CC(=O)C1CCC2C3CC=C4CC(O)(O)CCC4(C)C3[C@@H](O)CC12C. The molecule has 6 unspecified atom stereocenters. The molecule has 3 saturated carbocycles. The Morgan fingerprint density at radius 1 is 1.20 bits per heavy atom. The van der Waals surface area contributed by atoms with Gasteiger partial charge in [-0.1, -0.05) is 25.5 Å². The fourth-order valence-corrected chi connectivity index (χ4v) is 7.43. The summed E-state index contributed by atoms with van der Waals surface area (Å²) in [4.78, 5) is 12.2. The number of aliphatic hydroxyl groups is 3. The van der Waals surface area contributed by atoms with Crippen LogP contribution in [0.15, 0.2) is 11.6 Å². The molecule has 7 atom stereocenters. The van der Waals surface area contributed by atoms with Gasteiger partial charge in [-0.2, -0.15) is 0 Å². The number of hydrogen-bond acceptors (Lipinski definition) is 4. The summed E-state index contributed by atoms with van der Waals surface area (Å²) < 4.78 is 0. The third-order valence-corrected chi connectivity index (χ3v) is 8.57. The van der Waals surface area contributed by atoms with E-state index in [1.807, 2.05) is 0 Å². The van der Waals surface area contributed by atoms with Crippen LogP contribution >= 0.6 is 0 Å². The van der Waals surface area contributed by atoms with E-state index in [1.54, 1.807) is 6.92 Å². The van der Waals surface area contributed by atoms with Crippen LogP contribution in [-0.4, -0.2) is 33.0 Å². The number of allylic oxidation sites excluding steroid dienone is 1. The summed E-state index contributed by atoms with van der Waals surface area (Å²) in [5.41, 5.74) is 0.890. The van der Waals surface area contributed by atoms with Crippen LogP contribution in [0.25, 0.3) is 0 Å². The molecular weight excluding hydrogens is 316 g/mol. The van der Waals surface area contributed by atoms with Crippen molar-refractivity contribution in [1.29, 1.82) is 0 Å². The minimum atomic E-state index is -1.60. The largest absolute Gasteiger partial charge is 0.393 e. The van der Waals surface area contributed by atoms with Gasteiger partial charge < -0.3 is 15.3 Å². The second kappa shape index (κ2) is 5.40. The molecule has 3 N–H and O–H groups in total. The maximum Gasteiger partial charge on any atom is 0.166 e. The molecule has 0 aromatic carbocycles. The smallest absolute Gasteiger partial charge is 0.166 e. The molecule has 4 aliphatic rings. The van der Waals surface area contributed by atoms with E-state index in [1.165, 1.54) is 0 Å². The number of fused-ring (bicyclic) bond motifs is 5. The highest BCUT2D eigenvalue weighted by Crippen LogP contribution is 2.66. The van der Waals surface area contributed by atoms with Crippen molar-refractivity contribution in [3.05, 3.63) is 11.6 Å². The zero-order valence-corrected chi connectivity index (χ0v) is 15.7. The summed E-state index contributed by atoms with van der Waals surface area (Å²) in [6.45, 7) is 6.15. The monoisotopic (exact) mass is 348 g/mol. The summed E-state index contributed by atoms with van der Waals surface area (Å²) in [5.74, 6) is -0.181. The topological polar surface area (TPSA) is 77.8 Å². The highest BCUT2D eigenvalue weighted by Gasteiger charge is 2.62. The number of hydrogen-bond donors (Lipinski definition) is 3. The Hall–Kier alpha value is -0.710. The van der Waals surface area contributed by atoms with Gasteiger partial charge in [0, 0.05) is 18.8 Å². The van der Waals surface area contributed by atoms with Crippen molar-refractivity contribution < 1.29 is 20.1 Å². The fraction of sp³-hybridized carbons (Fsp3) is 0.857. The average molecular weight is 348 g/mol. The van der Waals surface area contributed by atoms with Crippen LogP contribution < -0.4 is 0 Å². The standard InChI is InChI=1S/C21H32O4/c1-12(22)15-6-7-16-14-5-4-13-10-21(24,25)9-8-19(13,2)18(14)17(23)11-20(15,16)3/h4,14-18,23-25H,5-11H2,1-3H3/t14?,15?,16?,17-,18?,19?,20?/m0/s1. The molecule has 0 amide bonds. The van der Waals surface area contributed by atoms with Gasteiger partial charge in [0.05, 0.1) is 6.10 Å². The number of carbonyl (C=O) groups is 1. The Labute approximate surface area is 150 Å². The Kier molecular flexibility index (Phi) is 3.82. The minimum Gasteiger partial charge on any atom is -0.393 e. The zero-order valence-electron chi connectivity index (χ0n) is 15.7. The first kappa shape index (κ1) is 17.7. The molecular formula is C21H32O4. The van der Waals surface area contributed by atoms with Crippen molar-refractivity contribution in [1.82, 2.24) is 0 Å². The first-order valence-electron chi connectivity index (χ1n) is 9.91. The lowest BCUT2D eigenvalue weighted by molar-refractivity contribution is -0.197. The molecule has 0 bridgehead atoms. The van der Waals surface area contributed by atoms with Gasteiger partial charge in [0.25, 0.3) is 0 Å². The van der Waals surface area contributed by atoms with Crippen molar-refractivity contribution in [2.24, 2.45) is 34.5 Å². The van der Waals surface area contributed by atoms with Gasteiger partial charge in [-0.3, -0.25) is 4.79 Å². The summed E-state index contributed by atoms with van der Waals surface area (Å²) in [6, 6.07) is 0. The number of ketones is 1. The number of Topliss-reactive ketones (excluding diaryl/α,β-unsaturated/α-hetero) is 1. The van der Waals surface area contributed by atoms with Crippen LogP contribution in [0.4, 0.5) is 0 Å². The highest BCUT2D eigenvalue weighted by molar-refractivity contribution is 5.79. The third-order valence-electron chi connectivity index (χ3n) is 8.57. The first-order valence-corrected chi connectivity index (χ1v) is 9.91. The molecule has 0 aromatic rings. The van der Waals surface area contributed by atoms with E-state index in [0.717, 1.165) is 24.8 Å². The van der Waals surface area contributed by atoms with E-state index in [0.29, 0.717) is 37.5 Å². The predicted octanol–water partition coefficient (Wildman–Crippen LogP) is 2.81. The maximum absolute atomic E-state index is 12.2. The van der Waals surface area contributed by atoms with Crippen molar-refractivity contribution in [2.45, 2.75) is 77.6 Å². The van der Waals surface area contributed by atoms with Crippen molar-refractivity contribution >= 4 is 5.78 Å². The molecule has 0 aliphatic heterocycles. The molecule has 4 nitrogen and oxygen atoms in total. The van der Waals surface area contributed by atoms with Gasteiger partial charge in [0.1, 0.15) is 5.78 Å². The molecule has 4 aliphatic carbocycles. The molecule has 0 heterocycles. The van der Waals surface area contributed by atoms with E-state index in [2.05, 4.69) is 19.9 Å². The second-order valence-corrected chi connectivity index (χ2v) is 9.86. The van der Waals surface area contributed by atoms with Crippen molar-refractivity contribution in [2.75, 3.05) is 0 Å². The molecule has 140 valence electrons. The number of rotatable bonds is 1. The van der Waals surface area contributed by atoms with Gasteiger partial charge in [-0.05, 0) is 67.6 Å². The molecule has 25 heavy (non-hydrogen) atoms. The lowest BCUT2D eigenvalue weighted by Gasteiger charge is -2.60. The van der Waals surface area contributed by atoms with Gasteiger partial charge in [-0.25, -0.2) is 0 Å². The Bertz CT molecular complexity index is 623. The summed E-state index contributed by atoms with van der Waals surface area (Å²) in [5, 5.41) is 31.4. The molecule has 4 rings (SSSR count). The summed E-state index contributed by atoms with van der Waals surface area (Å²) in [7, 11) is 0. The molecule has 0 radical (unpaired) electrons. The number of aliphatic hydroxyl groups excluding tert-OH is 1. The Morgan fingerprint density at radius 2 is 1.92 bits per heavy atom.